The maximum atomic E-state index is 4.50. The van der Waals surface area contributed by atoms with Gasteiger partial charge in [0, 0.05) is 19.3 Å². The van der Waals surface area contributed by atoms with Crippen LogP contribution in [-0.2, 0) is 6.54 Å². The third-order valence-corrected chi connectivity index (χ3v) is 3.15. The fourth-order valence-electron chi connectivity index (χ4n) is 1.74. The lowest BCUT2D eigenvalue weighted by Crippen LogP contribution is -2.19. The van der Waals surface area contributed by atoms with Crippen molar-refractivity contribution in [1.82, 2.24) is 19.4 Å². The first-order chi connectivity index (χ1) is 7.59. The van der Waals surface area contributed by atoms with Gasteiger partial charge in [0.25, 0.3) is 0 Å². The molecular weight excluding hydrogens is 268 g/mol. The van der Waals surface area contributed by atoms with E-state index in [1.165, 1.54) is 0 Å². The first-order valence-electron chi connectivity index (χ1n) is 5.20. The maximum Gasteiger partial charge on any atom is 0.108 e. The summed E-state index contributed by atoms with van der Waals surface area (Å²) in [6, 6.07) is 0. The number of nitrogens with zero attached hydrogens (tertiary/aromatic N) is 4. The normalized spacial score (nSPS) is 11.6. The molecule has 5 heteroatoms. The topological polar surface area (TPSA) is 34.0 Å². The lowest BCUT2D eigenvalue weighted by atomic mass is 10.4. The molecule has 2 rings (SSSR count). The number of aryl methyl sites for hydroxylation is 1. The van der Waals surface area contributed by atoms with Gasteiger partial charge in [-0.05, 0) is 36.9 Å². The Labute approximate surface area is 103 Å². The van der Waals surface area contributed by atoms with Crippen LogP contribution >= 0.6 is 15.9 Å². The van der Waals surface area contributed by atoms with Crippen LogP contribution in [0.15, 0.2) is 16.9 Å². The highest BCUT2D eigenvalue weighted by atomic mass is 79.9. The van der Waals surface area contributed by atoms with Crippen molar-refractivity contribution in [3.8, 4) is 0 Å². The number of aromatic nitrogens is 3. The second-order valence-corrected chi connectivity index (χ2v) is 4.96. The van der Waals surface area contributed by atoms with E-state index in [0.717, 1.165) is 34.4 Å². The van der Waals surface area contributed by atoms with E-state index in [2.05, 4.69) is 49.5 Å². The highest BCUT2D eigenvalue weighted by Crippen LogP contribution is 2.23. The first kappa shape index (κ1) is 11.5. The van der Waals surface area contributed by atoms with Crippen molar-refractivity contribution in [1.29, 1.82) is 0 Å². The quantitative estimate of drug-likeness (QED) is 0.864. The molecule has 2 heterocycles. The summed E-state index contributed by atoms with van der Waals surface area (Å²) in [4.78, 5) is 10.8. The molecule has 0 amide bonds. The van der Waals surface area contributed by atoms with E-state index in [-0.39, 0.29) is 0 Å². The van der Waals surface area contributed by atoms with Crippen LogP contribution in [0.5, 0.6) is 0 Å². The summed E-state index contributed by atoms with van der Waals surface area (Å²) in [5.74, 6) is 1.03. The highest BCUT2D eigenvalue weighted by molar-refractivity contribution is 9.10. The lowest BCUT2D eigenvalue weighted by molar-refractivity contribution is 0.384. The Hall–Kier alpha value is -0.940. The van der Waals surface area contributed by atoms with Crippen molar-refractivity contribution in [2.24, 2.45) is 0 Å². The Morgan fingerprint density at radius 2 is 2.12 bits per heavy atom. The van der Waals surface area contributed by atoms with Gasteiger partial charge in [-0.3, -0.25) is 4.98 Å². The molecule has 0 spiro atoms. The number of pyridine rings is 1. The molecule has 2 aromatic heterocycles. The molecule has 0 unspecified atom stereocenters. The minimum atomic E-state index is 0.942. The molecule has 0 atom stereocenters. The largest absolute Gasteiger partial charge is 0.326 e. The maximum absolute atomic E-state index is 4.50. The Morgan fingerprint density at radius 3 is 2.81 bits per heavy atom. The van der Waals surface area contributed by atoms with E-state index in [9.17, 15) is 0 Å². The lowest BCUT2D eigenvalue weighted by Gasteiger charge is -2.12. The summed E-state index contributed by atoms with van der Waals surface area (Å²) in [6.07, 6.45) is 3.62. The molecule has 0 aliphatic carbocycles. The van der Waals surface area contributed by atoms with E-state index >= 15 is 0 Å². The van der Waals surface area contributed by atoms with Gasteiger partial charge >= 0.3 is 0 Å². The molecule has 0 radical (unpaired) electrons. The van der Waals surface area contributed by atoms with E-state index in [1.807, 2.05) is 13.1 Å². The fraction of sp³-hybridized carbons (Fsp3) is 0.455. The second-order valence-electron chi connectivity index (χ2n) is 4.10. The molecule has 0 saturated carbocycles. The second kappa shape index (κ2) is 4.51. The smallest absolute Gasteiger partial charge is 0.108 e. The summed E-state index contributed by atoms with van der Waals surface area (Å²) < 4.78 is 3.23. The van der Waals surface area contributed by atoms with Gasteiger partial charge in [0.2, 0.25) is 0 Å². The van der Waals surface area contributed by atoms with Crippen LogP contribution in [0.25, 0.3) is 11.0 Å². The zero-order chi connectivity index (χ0) is 11.7. The van der Waals surface area contributed by atoms with Crippen LogP contribution in [0.3, 0.4) is 0 Å². The van der Waals surface area contributed by atoms with Crippen molar-refractivity contribution in [2.75, 3.05) is 20.6 Å². The van der Waals surface area contributed by atoms with Crippen molar-refractivity contribution >= 4 is 27.0 Å². The van der Waals surface area contributed by atoms with Gasteiger partial charge in [0.05, 0.1) is 16.2 Å². The molecule has 0 bridgehead atoms. The zero-order valence-electron chi connectivity index (χ0n) is 9.74. The predicted molar refractivity (Wildman–Crippen MR) is 68.5 cm³/mol. The summed E-state index contributed by atoms with van der Waals surface area (Å²) in [5, 5.41) is 0. The summed E-state index contributed by atoms with van der Waals surface area (Å²) >= 11 is 3.53. The van der Waals surface area contributed by atoms with Crippen molar-refractivity contribution in [3.63, 3.8) is 0 Å². The van der Waals surface area contributed by atoms with Crippen LogP contribution in [0.4, 0.5) is 0 Å². The van der Waals surface area contributed by atoms with Crippen LogP contribution < -0.4 is 0 Å². The minimum absolute atomic E-state index is 0.942. The van der Waals surface area contributed by atoms with Crippen molar-refractivity contribution < 1.29 is 0 Å². The first-order valence-corrected chi connectivity index (χ1v) is 6.00. The van der Waals surface area contributed by atoms with Gasteiger partial charge in [-0.15, -0.1) is 0 Å². The molecule has 0 aliphatic rings. The van der Waals surface area contributed by atoms with E-state index in [1.54, 1.807) is 6.20 Å². The number of rotatable bonds is 3. The molecule has 86 valence electrons. The van der Waals surface area contributed by atoms with Crippen LogP contribution in [0, 0.1) is 6.92 Å². The number of fused-ring (bicyclic) bond motifs is 1. The van der Waals surface area contributed by atoms with Gasteiger partial charge in [-0.25, -0.2) is 4.98 Å². The van der Waals surface area contributed by atoms with Gasteiger partial charge in [-0.1, -0.05) is 0 Å². The van der Waals surface area contributed by atoms with E-state index in [4.69, 9.17) is 0 Å². The number of hydrogen-bond acceptors (Lipinski definition) is 3. The summed E-state index contributed by atoms with van der Waals surface area (Å²) in [6.45, 7) is 3.97. The van der Waals surface area contributed by atoms with Crippen LogP contribution in [-0.4, -0.2) is 40.1 Å². The Morgan fingerprint density at radius 1 is 1.38 bits per heavy atom. The average molecular weight is 283 g/mol. The molecule has 0 saturated heterocycles. The van der Waals surface area contributed by atoms with Gasteiger partial charge < -0.3 is 9.47 Å². The van der Waals surface area contributed by atoms with Gasteiger partial charge in [0.1, 0.15) is 11.3 Å². The monoisotopic (exact) mass is 282 g/mol. The molecule has 0 fully saturated rings. The highest BCUT2D eigenvalue weighted by Gasteiger charge is 2.10. The molecule has 4 nitrogen and oxygen atoms in total. The van der Waals surface area contributed by atoms with Crippen LogP contribution in [0.1, 0.15) is 5.82 Å². The Kier molecular flexibility index (Phi) is 3.25. The zero-order valence-corrected chi connectivity index (χ0v) is 11.3. The number of imidazole rings is 1. The van der Waals surface area contributed by atoms with Crippen LogP contribution in [0.2, 0.25) is 0 Å². The summed E-state index contributed by atoms with van der Waals surface area (Å²) in [5.41, 5.74) is 2.08. The molecule has 0 aliphatic heterocycles. The third kappa shape index (κ3) is 2.10. The van der Waals surface area contributed by atoms with Gasteiger partial charge in [-0.2, -0.15) is 0 Å². The van der Waals surface area contributed by atoms with E-state index in [0.29, 0.717) is 0 Å². The average Bonchev–Trinajstić information content (AvgIpc) is 2.52. The SMILES string of the molecule is Cc1nc2cncc(Br)c2n1CCN(C)C. The summed E-state index contributed by atoms with van der Waals surface area (Å²) in [7, 11) is 4.15. The Bertz CT molecular complexity index is 504. The predicted octanol–water partition coefficient (Wildman–Crippen LogP) is 2.06. The number of hydrogen-bond donors (Lipinski definition) is 0. The molecule has 16 heavy (non-hydrogen) atoms. The molecule has 2 aromatic rings. The minimum Gasteiger partial charge on any atom is -0.326 e. The fourth-order valence-corrected chi connectivity index (χ4v) is 2.27. The standard InChI is InChI=1S/C11H15BrN4/c1-8-14-10-7-13-6-9(12)11(10)16(8)5-4-15(2)3/h6-7H,4-5H2,1-3H3. The molecule has 0 aromatic carbocycles. The third-order valence-electron chi connectivity index (χ3n) is 2.57. The van der Waals surface area contributed by atoms with Crippen molar-refractivity contribution in [2.45, 2.75) is 13.5 Å². The molecular formula is C11H15BrN4. The molecule has 0 N–H and O–H groups in total. The van der Waals surface area contributed by atoms with Gasteiger partial charge in [0.15, 0.2) is 0 Å². The number of likely N-dealkylation sites (N-methyl/N-ethyl adjacent to an activating group) is 1. The Balaban J connectivity index is 2.46. The number of halogens is 1. The van der Waals surface area contributed by atoms with Crippen molar-refractivity contribution in [3.05, 3.63) is 22.7 Å². The van der Waals surface area contributed by atoms with E-state index < -0.39 is 0 Å².